The van der Waals surface area contributed by atoms with Crippen LogP contribution in [0.4, 0.5) is 5.95 Å². The van der Waals surface area contributed by atoms with Crippen molar-refractivity contribution in [1.82, 2.24) is 19.9 Å². The summed E-state index contributed by atoms with van der Waals surface area (Å²) in [6.07, 6.45) is 1.68. The van der Waals surface area contributed by atoms with Crippen molar-refractivity contribution in [1.29, 1.82) is 0 Å². The molecule has 40 heavy (non-hydrogen) atoms. The van der Waals surface area contributed by atoms with Crippen molar-refractivity contribution in [2.24, 2.45) is 5.73 Å². The van der Waals surface area contributed by atoms with Crippen LogP contribution in [0.2, 0.25) is 0 Å². The predicted molar refractivity (Wildman–Crippen MR) is 146 cm³/mol. The smallest absolute Gasteiger partial charge is 0.263 e. The van der Waals surface area contributed by atoms with Crippen molar-refractivity contribution in [2.45, 2.75) is 38.3 Å². The van der Waals surface area contributed by atoms with Crippen LogP contribution in [-0.4, -0.2) is 77.5 Å². The van der Waals surface area contributed by atoms with Crippen molar-refractivity contribution < 1.29 is 28.8 Å². The van der Waals surface area contributed by atoms with Crippen LogP contribution in [0.1, 0.15) is 30.2 Å². The fourth-order valence-electron chi connectivity index (χ4n) is 4.20. The lowest BCUT2D eigenvalue weighted by Gasteiger charge is -2.14. The number of amides is 1. The molecule has 3 heterocycles. The first kappa shape index (κ1) is 29.1. The number of benzene rings is 1. The number of carbonyl (C=O) groups excluding carboxylic acids is 1. The Kier molecular flexibility index (Phi) is 10.1. The average molecular weight is 555 g/mol. The van der Waals surface area contributed by atoms with E-state index in [2.05, 4.69) is 27.1 Å². The molecule has 0 aliphatic carbocycles. The lowest BCUT2D eigenvalue weighted by Crippen LogP contribution is -2.33. The molecule has 0 bridgehead atoms. The van der Waals surface area contributed by atoms with E-state index in [1.165, 1.54) is 0 Å². The van der Waals surface area contributed by atoms with Crippen molar-refractivity contribution in [3.63, 3.8) is 0 Å². The Morgan fingerprint density at radius 2 is 2.23 bits per heavy atom. The number of anilines is 1. The number of aliphatic hydroxyl groups excluding tert-OH is 1. The minimum absolute atomic E-state index is 0.0247. The predicted octanol–water partition coefficient (Wildman–Crippen LogP) is 0.150. The number of aliphatic hydroxyl groups is 1. The summed E-state index contributed by atoms with van der Waals surface area (Å²) in [5.74, 6) is 6.08. The van der Waals surface area contributed by atoms with E-state index in [0.29, 0.717) is 29.8 Å². The normalized spacial score (nSPS) is 17.4. The van der Waals surface area contributed by atoms with Crippen LogP contribution in [0.15, 0.2) is 35.3 Å². The lowest BCUT2D eigenvalue weighted by atomic mass is 10.2. The van der Waals surface area contributed by atoms with Gasteiger partial charge < -0.3 is 45.4 Å². The number of aryl methyl sites for hydroxylation is 1. The molecular weight excluding hydrogens is 520 g/mol. The second-order valence-electron chi connectivity index (χ2n) is 9.24. The van der Waals surface area contributed by atoms with Gasteiger partial charge in [0.05, 0.1) is 43.4 Å². The number of hydrogen-bond acceptors (Lipinski definition) is 10. The number of rotatable bonds is 12. The number of fused-ring (bicyclic) bond motifs is 1. The molecule has 1 amide bonds. The minimum Gasteiger partial charge on any atom is -0.489 e. The van der Waals surface area contributed by atoms with E-state index < -0.39 is 18.0 Å². The van der Waals surface area contributed by atoms with Gasteiger partial charge in [-0.3, -0.25) is 14.6 Å². The number of hydrogen-bond donors (Lipinski definition) is 5. The first-order chi connectivity index (χ1) is 19.3. The fourth-order valence-corrected chi connectivity index (χ4v) is 4.20. The standard InChI is InChI=1S/C27H34N6O7/c1-17-4-2-6-19(12-17)39-15-21(28)38-11-10-37-16-22(35)30-9-3-5-18-13-33(23-8-7-20(14-34)40-23)25-24(18)26(36)32-27(29)31-25/h2,4,6,12-13,20-21,23,34H,7-11,14-16,28H2,1H3,(H,30,35)(H3,29,31,32,36). The van der Waals surface area contributed by atoms with E-state index in [-0.39, 0.29) is 62.9 Å². The molecule has 7 N–H and O–H groups in total. The summed E-state index contributed by atoms with van der Waals surface area (Å²) in [6, 6.07) is 7.62. The van der Waals surface area contributed by atoms with E-state index >= 15 is 0 Å². The highest BCUT2D eigenvalue weighted by molar-refractivity contribution is 5.84. The van der Waals surface area contributed by atoms with E-state index in [1.807, 2.05) is 31.2 Å². The van der Waals surface area contributed by atoms with Crippen LogP contribution in [0.3, 0.4) is 0 Å². The number of nitrogens with zero attached hydrogens (tertiary/aromatic N) is 2. The fraction of sp³-hybridized carbons (Fsp3) is 0.444. The zero-order valence-electron chi connectivity index (χ0n) is 22.2. The summed E-state index contributed by atoms with van der Waals surface area (Å²) in [5.41, 5.74) is 13.1. The Bertz CT molecular complexity index is 1430. The third-order valence-electron chi connectivity index (χ3n) is 6.09. The number of H-pyrrole nitrogens is 1. The molecule has 4 rings (SSSR count). The van der Waals surface area contributed by atoms with E-state index in [0.717, 1.165) is 5.56 Å². The largest absolute Gasteiger partial charge is 0.489 e. The Hall–Kier alpha value is -3.93. The van der Waals surface area contributed by atoms with Crippen molar-refractivity contribution in [3.8, 4) is 17.6 Å². The van der Waals surface area contributed by atoms with Gasteiger partial charge in [-0.05, 0) is 37.5 Å². The van der Waals surface area contributed by atoms with Crippen LogP contribution in [0.5, 0.6) is 5.75 Å². The highest BCUT2D eigenvalue weighted by Crippen LogP contribution is 2.31. The molecule has 2 aromatic heterocycles. The zero-order chi connectivity index (χ0) is 28.5. The van der Waals surface area contributed by atoms with Crippen LogP contribution in [0, 0.1) is 18.8 Å². The summed E-state index contributed by atoms with van der Waals surface area (Å²) in [5, 5.41) is 12.3. The maximum absolute atomic E-state index is 12.6. The third kappa shape index (κ3) is 7.81. The van der Waals surface area contributed by atoms with E-state index in [4.69, 9.17) is 30.4 Å². The Balaban J connectivity index is 1.20. The molecule has 1 aliphatic heterocycles. The van der Waals surface area contributed by atoms with Crippen molar-refractivity contribution in [3.05, 3.63) is 51.9 Å². The minimum atomic E-state index is -0.630. The maximum atomic E-state index is 12.6. The summed E-state index contributed by atoms with van der Waals surface area (Å²) >= 11 is 0. The molecule has 0 spiro atoms. The van der Waals surface area contributed by atoms with Crippen LogP contribution in [-0.2, 0) is 19.0 Å². The molecular formula is C27H34N6O7. The van der Waals surface area contributed by atoms with Crippen molar-refractivity contribution >= 4 is 22.9 Å². The quantitative estimate of drug-likeness (QED) is 0.117. The molecule has 13 heteroatoms. The number of ether oxygens (including phenoxy) is 4. The first-order valence-corrected chi connectivity index (χ1v) is 12.9. The van der Waals surface area contributed by atoms with Crippen LogP contribution >= 0.6 is 0 Å². The SMILES string of the molecule is Cc1cccc(OCC(N)OCCOCC(=O)NCC#Cc2cn(C3CCC(CO)O3)c3nc(N)[nH]c(=O)c23)c1. The molecule has 3 unspecified atom stereocenters. The summed E-state index contributed by atoms with van der Waals surface area (Å²) in [6.45, 7) is 2.32. The van der Waals surface area contributed by atoms with E-state index in [9.17, 15) is 14.7 Å². The third-order valence-corrected chi connectivity index (χ3v) is 6.09. The Morgan fingerprint density at radius 1 is 1.38 bits per heavy atom. The maximum Gasteiger partial charge on any atom is 0.263 e. The lowest BCUT2D eigenvalue weighted by molar-refractivity contribution is -0.126. The number of carbonyl (C=O) groups is 1. The second kappa shape index (κ2) is 13.9. The van der Waals surface area contributed by atoms with Gasteiger partial charge in [-0.2, -0.15) is 4.98 Å². The number of aromatic nitrogens is 3. The van der Waals surface area contributed by atoms with Crippen LogP contribution in [0.25, 0.3) is 11.0 Å². The second-order valence-corrected chi connectivity index (χ2v) is 9.24. The Morgan fingerprint density at radius 3 is 3.00 bits per heavy atom. The summed E-state index contributed by atoms with van der Waals surface area (Å²) in [4.78, 5) is 31.4. The molecule has 13 nitrogen and oxygen atoms in total. The molecule has 1 aromatic carbocycles. The monoisotopic (exact) mass is 554 g/mol. The number of nitrogens with one attached hydrogen (secondary N) is 2. The van der Waals surface area contributed by atoms with Gasteiger partial charge in [-0.25, -0.2) is 0 Å². The zero-order valence-corrected chi connectivity index (χ0v) is 22.2. The topological polar surface area (TPSA) is 189 Å². The van der Waals surface area contributed by atoms with Gasteiger partial charge in [0.1, 0.15) is 31.4 Å². The van der Waals surface area contributed by atoms with Crippen molar-refractivity contribution in [2.75, 3.05) is 45.3 Å². The summed E-state index contributed by atoms with van der Waals surface area (Å²) < 4.78 is 23.9. The van der Waals surface area contributed by atoms with Gasteiger partial charge in [-0.1, -0.05) is 24.0 Å². The van der Waals surface area contributed by atoms with Gasteiger partial charge in [0, 0.05) is 6.20 Å². The number of nitrogen functional groups attached to an aromatic ring is 1. The molecule has 0 saturated carbocycles. The molecule has 214 valence electrons. The number of nitrogens with two attached hydrogens (primary N) is 2. The molecule has 1 saturated heterocycles. The van der Waals surface area contributed by atoms with Gasteiger partial charge in [0.15, 0.2) is 5.65 Å². The summed E-state index contributed by atoms with van der Waals surface area (Å²) in [7, 11) is 0. The molecule has 1 fully saturated rings. The Labute approximate surface area is 230 Å². The highest BCUT2D eigenvalue weighted by Gasteiger charge is 2.28. The molecule has 0 radical (unpaired) electrons. The molecule has 3 atom stereocenters. The van der Waals surface area contributed by atoms with Crippen LogP contribution < -0.4 is 27.1 Å². The first-order valence-electron chi connectivity index (χ1n) is 12.9. The van der Waals surface area contributed by atoms with Gasteiger partial charge >= 0.3 is 0 Å². The van der Waals surface area contributed by atoms with Gasteiger partial charge in [0.25, 0.3) is 5.56 Å². The van der Waals surface area contributed by atoms with E-state index in [1.54, 1.807) is 10.8 Å². The highest BCUT2D eigenvalue weighted by atomic mass is 16.6. The molecule has 1 aliphatic rings. The van der Waals surface area contributed by atoms with Gasteiger partial charge in [0.2, 0.25) is 11.9 Å². The average Bonchev–Trinajstić information content (AvgIpc) is 3.54. The number of aromatic amines is 1. The molecule has 3 aromatic rings. The van der Waals surface area contributed by atoms with Gasteiger partial charge in [-0.15, -0.1) is 0 Å².